The zero-order valence-electron chi connectivity index (χ0n) is 22.3. The van der Waals surface area contributed by atoms with Crippen LogP contribution in [0.1, 0.15) is 11.1 Å². The largest absolute Gasteiger partial charge is 0.493 e. The Balaban J connectivity index is 1.84. The number of rotatable bonds is 13. The number of hydrazone groups is 1. The summed E-state index contributed by atoms with van der Waals surface area (Å²) >= 11 is 0. The lowest BCUT2D eigenvalue weighted by Gasteiger charge is -2.22. The molecule has 0 unspecified atom stereocenters. The van der Waals surface area contributed by atoms with Gasteiger partial charge >= 0.3 is 0 Å². The molecule has 0 heterocycles. The first-order chi connectivity index (χ1) is 18.8. The Morgan fingerprint density at radius 2 is 1.44 bits per heavy atom. The van der Waals surface area contributed by atoms with E-state index in [0.29, 0.717) is 34.1 Å². The van der Waals surface area contributed by atoms with Crippen LogP contribution in [0.4, 0.5) is 0 Å². The van der Waals surface area contributed by atoms with Crippen LogP contribution in [0.15, 0.2) is 70.7 Å². The first-order valence-electron chi connectivity index (χ1n) is 11.6. The number of ether oxygens (including phenoxy) is 5. The molecule has 0 radical (unpaired) electrons. The standard InChI is InChI=1S/C27H31N3O8S/c1-34-22-12-11-21(15-23(22)35-2)39(32,33)30(17-19-9-7-6-8-10-19)18-26(31)29-28-16-20-13-24(36-3)27(38-5)25(14-20)37-4/h6-16H,17-18H2,1-5H3,(H,29,31)/b28-16+. The van der Waals surface area contributed by atoms with Crippen LogP contribution < -0.4 is 29.1 Å². The molecule has 1 N–H and O–H groups in total. The number of methoxy groups -OCH3 is 5. The van der Waals surface area contributed by atoms with Gasteiger partial charge in [-0.15, -0.1) is 0 Å². The van der Waals surface area contributed by atoms with Gasteiger partial charge in [-0.05, 0) is 29.8 Å². The topological polar surface area (TPSA) is 125 Å². The van der Waals surface area contributed by atoms with Gasteiger partial charge in [0.15, 0.2) is 23.0 Å². The zero-order chi connectivity index (χ0) is 28.4. The van der Waals surface area contributed by atoms with E-state index in [2.05, 4.69) is 10.5 Å². The number of carbonyl (C=O) groups is 1. The van der Waals surface area contributed by atoms with Crippen molar-refractivity contribution in [2.45, 2.75) is 11.4 Å². The SMILES string of the molecule is COc1ccc(S(=O)(=O)N(CC(=O)N/N=C/c2cc(OC)c(OC)c(OC)c2)Cc2ccccc2)cc1OC. The number of nitrogens with zero attached hydrogens (tertiary/aromatic N) is 2. The summed E-state index contributed by atoms with van der Waals surface area (Å²) in [5, 5.41) is 3.98. The second kappa shape index (κ2) is 13.5. The predicted octanol–water partition coefficient (Wildman–Crippen LogP) is 3.07. The van der Waals surface area contributed by atoms with Crippen LogP contribution in [0.2, 0.25) is 0 Å². The smallest absolute Gasteiger partial charge is 0.255 e. The molecule has 0 aliphatic heterocycles. The van der Waals surface area contributed by atoms with E-state index < -0.39 is 22.5 Å². The summed E-state index contributed by atoms with van der Waals surface area (Å²) in [7, 11) is 3.21. The van der Waals surface area contributed by atoms with E-state index in [9.17, 15) is 13.2 Å². The molecule has 3 rings (SSSR count). The Morgan fingerprint density at radius 1 is 0.821 bits per heavy atom. The molecule has 0 fully saturated rings. The van der Waals surface area contributed by atoms with Gasteiger partial charge < -0.3 is 23.7 Å². The van der Waals surface area contributed by atoms with Crippen LogP contribution in [0.5, 0.6) is 28.7 Å². The number of hydrogen-bond acceptors (Lipinski definition) is 9. The molecule has 0 atom stereocenters. The Hall–Kier alpha value is -4.29. The van der Waals surface area contributed by atoms with E-state index in [1.54, 1.807) is 36.4 Å². The van der Waals surface area contributed by atoms with Crippen molar-refractivity contribution in [2.75, 3.05) is 42.1 Å². The summed E-state index contributed by atoms with van der Waals surface area (Å²) in [4.78, 5) is 12.8. The average Bonchev–Trinajstić information content (AvgIpc) is 2.96. The van der Waals surface area contributed by atoms with E-state index in [1.807, 2.05) is 6.07 Å². The van der Waals surface area contributed by atoms with Crippen LogP contribution >= 0.6 is 0 Å². The minimum atomic E-state index is -4.12. The van der Waals surface area contributed by atoms with Crippen molar-refractivity contribution in [1.82, 2.24) is 9.73 Å². The highest BCUT2D eigenvalue weighted by molar-refractivity contribution is 7.89. The molecule has 0 saturated carbocycles. The minimum Gasteiger partial charge on any atom is -0.493 e. The second-order valence-electron chi connectivity index (χ2n) is 8.03. The normalized spacial score (nSPS) is 11.3. The maximum atomic E-state index is 13.6. The summed E-state index contributed by atoms with van der Waals surface area (Å²) in [5.74, 6) is 1.23. The summed E-state index contributed by atoms with van der Waals surface area (Å²) in [6, 6.07) is 16.5. The number of benzene rings is 3. The number of carbonyl (C=O) groups excluding carboxylic acids is 1. The van der Waals surface area contributed by atoms with Crippen LogP contribution in [0.3, 0.4) is 0 Å². The van der Waals surface area contributed by atoms with Gasteiger partial charge in [0, 0.05) is 18.2 Å². The third-order valence-corrected chi connectivity index (χ3v) is 7.39. The molecule has 1 amide bonds. The van der Waals surface area contributed by atoms with Gasteiger partial charge in [-0.3, -0.25) is 4.79 Å². The summed E-state index contributed by atoms with van der Waals surface area (Å²) in [6.45, 7) is -0.528. The second-order valence-corrected chi connectivity index (χ2v) is 9.97. The van der Waals surface area contributed by atoms with Gasteiger partial charge in [-0.25, -0.2) is 13.8 Å². The summed E-state index contributed by atoms with van der Waals surface area (Å²) in [6.07, 6.45) is 1.38. The van der Waals surface area contributed by atoms with Crippen LogP contribution in [0, 0.1) is 0 Å². The quantitative estimate of drug-likeness (QED) is 0.251. The van der Waals surface area contributed by atoms with Gasteiger partial charge in [-0.1, -0.05) is 30.3 Å². The fraction of sp³-hybridized carbons (Fsp3) is 0.259. The molecule has 0 aliphatic carbocycles. The van der Waals surface area contributed by atoms with E-state index in [4.69, 9.17) is 23.7 Å². The molecule has 0 spiro atoms. The van der Waals surface area contributed by atoms with Gasteiger partial charge in [0.1, 0.15) is 0 Å². The molecule has 3 aromatic rings. The Morgan fingerprint density at radius 3 is 2.00 bits per heavy atom. The highest BCUT2D eigenvalue weighted by atomic mass is 32.2. The molecule has 208 valence electrons. The van der Waals surface area contributed by atoms with Gasteiger partial charge in [0.25, 0.3) is 5.91 Å². The molecular weight excluding hydrogens is 526 g/mol. The van der Waals surface area contributed by atoms with Crippen molar-refractivity contribution in [1.29, 1.82) is 0 Å². The van der Waals surface area contributed by atoms with E-state index in [-0.39, 0.29) is 17.2 Å². The average molecular weight is 558 g/mol. The molecule has 0 bridgehead atoms. The van der Waals surface area contributed by atoms with Crippen LogP contribution in [-0.4, -0.2) is 66.9 Å². The molecule has 0 saturated heterocycles. The van der Waals surface area contributed by atoms with Gasteiger partial charge in [-0.2, -0.15) is 9.41 Å². The number of hydrogen-bond donors (Lipinski definition) is 1. The van der Waals surface area contributed by atoms with Crippen LogP contribution in [-0.2, 0) is 21.4 Å². The monoisotopic (exact) mass is 557 g/mol. The molecular formula is C27H31N3O8S. The number of sulfonamides is 1. The van der Waals surface area contributed by atoms with E-state index >= 15 is 0 Å². The Bertz CT molecular complexity index is 1390. The molecule has 3 aromatic carbocycles. The molecule has 11 nitrogen and oxygen atoms in total. The fourth-order valence-corrected chi connectivity index (χ4v) is 5.09. The third kappa shape index (κ3) is 7.18. The minimum absolute atomic E-state index is 0.0401. The van der Waals surface area contributed by atoms with E-state index in [0.717, 1.165) is 4.31 Å². The third-order valence-electron chi connectivity index (χ3n) is 5.60. The van der Waals surface area contributed by atoms with Crippen molar-refractivity contribution < 1.29 is 36.9 Å². The zero-order valence-corrected chi connectivity index (χ0v) is 23.2. The van der Waals surface area contributed by atoms with Crippen LogP contribution in [0.25, 0.3) is 0 Å². The van der Waals surface area contributed by atoms with Crippen molar-refractivity contribution >= 4 is 22.1 Å². The maximum Gasteiger partial charge on any atom is 0.255 e. The van der Waals surface area contributed by atoms with Crippen molar-refractivity contribution in [3.63, 3.8) is 0 Å². The lowest BCUT2D eigenvalue weighted by molar-refractivity contribution is -0.121. The fourth-order valence-electron chi connectivity index (χ4n) is 3.69. The summed E-state index contributed by atoms with van der Waals surface area (Å²) < 4.78 is 54.7. The van der Waals surface area contributed by atoms with Crippen molar-refractivity contribution in [3.8, 4) is 28.7 Å². The van der Waals surface area contributed by atoms with Gasteiger partial charge in [0.05, 0.1) is 53.2 Å². The predicted molar refractivity (Wildman–Crippen MR) is 145 cm³/mol. The number of nitrogens with one attached hydrogen (secondary N) is 1. The maximum absolute atomic E-state index is 13.6. The highest BCUT2D eigenvalue weighted by Gasteiger charge is 2.28. The van der Waals surface area contributed by atoms with E-state index in [1.165, 1.54) is 60.0 Å². The first kappa shape index (κ1) is 29.3. The molecule has 0 aliphatic rings. The lowest BCUT2D eigenvalue weighted by atomic mass is 10.2. The Kier molecular flexibility index (Phi) is 10.1. The lowest BCUT2D eigenvalue weighted by Crippen LogP contribution is -2.39. The van der Waals surface area contributed by atoms with Crippen molar-refractivity contribution in [3.05, 3.63) is 71.8 Å². The summed E-state index contributed by atoms with van der Waals surface area (Å²) in [5.41, 5.74) is 3.65. The molecule has 0 aromatic heterocycles. The molecule has 39 heavy (non-hydrogen) atoms. The Labute approximate surface area is 227 Å². The first-order valence-corrected chi connectivity index (χ1v) is 13.1. The van der Waals surface area contributed by atoms with Gasteiger partial charge in [0.2, 0.25) is 15.8 Å². The van der Waals surface area contributed by atoms with Crippen molar-refractivity contribution in [2.24, 2.45) is 5.10 Å². The number of amides is 1. The molecule has 12 heteroatoms. The highest BCUT2D eigenvalue weighted by Crippen LogP contribution is 2.37.